The van der Waals surface area contributed by atoms with Crippen LogP contribution in [0.2, 0.25) is 0 Å². The molecular weight excluding hydrogens is 244 g/mol. The van der Waals surface area contributed by atoms with Crippen molar-refractivity contribution in [3.63, 3.8) is 0 Å². The van der Waals surface area contributed by atoms with Crippen LogP contribution in [0.3, 0.4) is 0 Å². The van der Waals surface area contributed by atoms with E-state index in [2.05, 4.69) is 12.2 Å². The molecule has 0 aromatic carbocycles. The molecule has 5 nitrogen and oxygen atoms in total. The van der Waals surface area contributed by atoms with Gasteiger partial charge in [0.25, 0.3) is 0 Å². The largest absolute Gasteiger partial charge is 0.444 e. The van der Waals surface area contributed by atoms with Crippen LogP contribution in [0.25, 0.3) is 0 Å². The SMILES string of the molecule is CCCN1CCCC[C@H](NC(=O)OC(C)(C)C)C1=O. The van der Waals surface area contributed by atoms with Crippen LogP contribution in [0, 0.1) is 0 Å². The van der Waals surface area contributed by atoms with E-state index in [1.807, 2.05) is 25.7 Å². The number of ether oxygens (including phenoxy) is 1. The van der Waals surface area contributed by atoms with Crippen LogP contribution in [0.15, 0.2) is 0 Å². The zero-order valence-electron chi connectivity index (χ0n) is 12.5. The van der Waals surface area contributed by atoms with Gasteiger partial charge in [-0.25, -0.2) is 4.79 Å². The molecule has 1 rings (SSSR count). The summed E-state index contributed by atoms with van der Waals surface area (Å²) in [7, 11) is 0. The molecule has 0 unspecified atom stereocenters. The topological polar surface area (TPSA) is 58.6 Å². The summed E-state index contributed by atoms with van der Waals surface area (Å²) in [4.78, 5) is 25.9. The number of carbonyl (C=O) groups excluding carboxylic acids is 2. The smallest absolute Gasteiger partial charge is 0.408 e. The lowest BCUT2D eigenvalue weighted by atomic mass is 10.1. The van der Waals surface area contributed by atoms with E-state index in [-0.39, 0.29) is 5.91 Å². The summed E-state index contributed by atoms with van der Waals surface area (Å²) < 4.78 is 5.20. The standard InChI is InChI=1S/C14H26N2O3/c1-5-9-16-10-7-6-8-11(12(16)17)15-13(18)19-14(2,3)4/h11H,5-10H2,1-4H3,(H,15,18)/t11-/m0/s1. The highest BCUT2D eigenvalue weighted by Gasteiger charge is 2.29. The first-order chi connectivity index (χ1) is 8.83. The molecule has 1 fully saturated rings. The monoisotopic (exact) mass is 270 g/mol. The second kappa shape index (κ2) is 6.78. The molecule has 19 heavy (non-hydrogen) atoms. The molecule has 0 aliphatic carbocycles. The summed E-state index contributed by atoms with van der Waals surface area (Å²) in [5.74, 6) is 0.0187. The Morgan fingerprint density at radius 1 is 1.42 bits per heavy atom. The summed E-state index contributed by atoms with van der Waals surface area (Å²) in [6.45, 7) is 9.03. The predicted octanol–water partition coefficient (Wildman–Crippen LogP) is 2.30. The first-order valence-corrected chi connectivity index (χ1v) is 7.12. The van der Waals surface area contributed by atoms with Crippen LogP contribution in [0.4, 0.5) is 4.79 Å². The van der Waals surface area contributed by atoms with Crippen molar-refractivity contribution >= 4 is 12.0 Å². The maximum atomic E-state index is 12.3. The van der Waals surface area contributed by atoms with Gasteiger partial charge in [-0.1, -0.05) is 6.92 Å². The summed E-state index contributed by atoms with van der Waals surface area (Å²) in [6.07, 6.45) is 3.07. The molecule has 110 valence electrons. The van der Waals surface area contributed by atoms with Gasteiger partial charge in [-0.3, -0.25) is 4.79 Å². The first kappa shape index (κ1) is 15.8. The van der Waals surface area contributed by atoms with Gasteiger partial charge in [0.2, 0.25) is 5.91 Å². The van der Waals surface area contributed by atoms with E-state index in [1.165, 1.54) is 0 Å². The van der Waals surface area contributed by atoms with Crippen molar-refractivity contribution in [3.8, 4) is 0 Å². The van der Waals surface area contributed by atoms with Crippen molar-refractivity contribution in [2.75, 3.05) is 13.1 Å². The lowest BCUT2D eigenvalue weighted by Crippen LogP contribution is -2.48. The van der Waals surface area contributed by atoms with Crippen LogP contribution in [-0.4, -0.2) is 41.6 Å². The summed E-state index contributed by atoms with van der Waals surface area (Å²) in [5, 5.41) is 2.70. The lowest BCUT2D eigenvalue weighted by molar-refractivity contribution is -0.133. The molecular formula is C14H26N2O3. The van der Waals surface area contributed by atoms with Crippen LogP contribution in [0.1, 0.15) is 53.4 Å². The number of hydrogen-bond donors (Lipinski definition) is 1. The highest BCUT2D eigenvalue weighted by molar-refractivity contribution is 5.85. The number of alkyl carbamates (subject to hydrolysis) is 1. The average molecular weight is 270 g/mol. The Bertz CT molecular complexity index is 323. The Hall–Kier alpha value is -1.26. The normalized spacial score (nSPS) is 20.9. The maximum Gasteiger partial charge on any atom is 0.408 e. The molecule has 0 saturated carbocycles. The zero-order chi connectivity index (χ0) is 14.5. The predicted molar refractivity (Wildman–Crippen MR) is 73.9 cm³/mol. The Balaban J connectivity index is 2.59. The van der Waals surface area contributed by atoms with Crippen molar-refractivity contribution in [2.45, 2.75) is 65.0 Å². The van der Waals surface area contributed by atoms with Gasteiger partial charge in [0.15, 0.2) is 0 Å². The molecule has 1 heterocycles. The number of nitrogens with one attached hydrogen (secondary N) is 1. The van der Waals surface area contributed by atoms with Crippen LogP contribution in [-0.2, 0) is 9.53 Å². The molecule has 5 heteroatoms. The molecule has 0 aromatic heterocycles. The fourth-order valence-electron chi connectivity index (χ4n) is 2.18. The average Bonchev–Trinajstić information content (AvgIpc) is 2.42. The van der Waals surface area contributed by atoms with Crippen molar-refractivity contribution < 1.29 is 14.3 Å². The van der Waals surface area contributed by atoms with Crippen molar-refractivity contribution in [3.05, 3.63) is 0 Å². The molecule has 0 aromatic rings. The van der Waals surface area contributed by atoms with Gasteiger partial charge in [0.1, 0.15) is 11.6 Å². The molecule has 2 amide bonds. The van der Waals surface area contributed by atoms with Crippen LogP contribution < -0.4 is 5.32 Å². The van der Waals surface area contributed by atoms with Gasteiger partial charge in [-0.05, 0) is 46.5 Å². The number of carbonyl (C=O) groups is 2. The van der Waals surface area contributed by atoms with Crippen molar-refractivity contribution in [2.24, 2.45) is 0 Å². The molecule has 1 saturated heterocycles. The van der Waals surface area contributed by atoms with E-state index in [1.54, 1.807) is 0 Å². The third-order valence-corrected chi connectivity index (χ3v) is 2.97. The van der Waals surface area contributed by atoms with E-state index >= 15 is 0 Å². The second-order valence-corrected chi connectivity index (χ2v) is 6.02. The molecule has 0 bridgehead atoms. The first-order valence-electron chi connectivity index (χ1n) is 7.12. The third kappa shape index (κ3) is 5.49. The summed E-state index contributed by atoms with van der Waals surface area (Å²) in [5.41, 5.74) is -0.541. The van der Waals surface area contributed by atoms with Crippen LogP contribution >= 0.6 is 0 Å². The number of nitrogens with zero attached hydrogens (tertiary/aromatic N) is 1. The fraction of sp³-hybridized carbons (Fsp3) is 0.857. The van der Waals surface area contributed by atoms with Gasteiger partial charge in [0.05, 0.1) is 0 Å². The quantitative estimate of drug-likeness (QED) is 0.856. The molecule has 1 N–H and O–H groups in total. The van der Waals surface area contributed by atoms with Gasteiger partial charge in [-0.15, -0.1) is 0 Å². The minimum Gasteiger partial charge on any atom is -0.444 e. The van der Waals surface area contributed by atoms with E-state index < -0.39 is 17.7 Å². The van der Waals surface area contributed by atoms with Crippen molar-refractivity contribution in [1.82, 2.24) is 10.2 Å². The molecule has 1 aliphatic rings. The number of hydrogen-bond acceptors (Lipinski definition) is 3. The highest BCUT2D eigenvalue weighted by Crippen LogP contribution is 2.14. The third-order valence-electron chi connectivity index (χ3n) is 2.97. The summed E-state index contributed by atoms with van der Waals surface area (Å²) in [6, 6.07) is -0.441. The van der Waals surface area contributed by atoms with Gasteiger partial charge in [0, 0.05) is 13.1 Å². The van der Waals surface area contributed by atoms with E-state index in [4.69, 9.17) is 4.74 Å². The Labute approximate surface area is 115 Å². The minimum atomic E-state index is -0.541. The Kier molecular flexibility index (Phi) is 5.63. The molecule has 0 spiro atoms. The van der Waals surface area contributed by atoms with Gasteiger partial charge >= 0.3 is 6.09 Å². The Morgan fingerprint density at radius 3 is 2.68 bits per heavy atom. The number of likely N-dealkylation sites (tertiary alicyclic amines) is 1. The maximum absolute atomic E-state index is 12.3. The summed E-state index contributed by atoms with van der Waals surface area (Å²) >= 11 is 0. The molecule has 1 aliphatic heterocycles. The molecule has 0 radical (unpaired) electrons. The second-order valence-electron chi connectivity index (χ2n) is 6.02. The molecule has 1 atom stereocenters. The van der Waals surface area contributed by atoms with Crippen LogP contribution in [0.5, 0.6) is 0 Å². The van der Waals surface area contributed by atoms with E-state index in [0.29, 0.717) is 6.42 Å². The number of rotatable bonds is 3. The fourth-order valence-corrected chi connectivity index (χ4v) is 2.18. The van der Waals surface area contributed by atoms with Crippen molar-refractivity contribution in [1.29, 1.82) is 0 Å². The van der Waals surface area contributed by atoms with Gasteiger partial charge < -0.3 is 15.0 Å². The zero-order valence-corrected chi connectivity index (χ0v) is 12.5. The number of amides is 2. The van der Waals surface area contributed by atoms with E-state index in [9.17, 15) is 9.59 Å². The minimum absolute atomic E-state index is 0.0187. The lowest BCUT2D eigenvalue weighted by Gasteiger charge is -2.26. The Morgan fingerprint density at radius 2 is 2.11 bits per heavy atom. The van der Waals surface area contributed by atoms with E-state index in [0.717, 1.165) is 32.4 Å². The van der Waals surface area contributed by atoms with Gasteiger partial charge in [-0.2, -0.15) is 0 Å². The highest BCUT2D eigenvalue weighted by atomic mass is 16.6.